The van der Waals surface area contributed by atoms with Crippen molar-refractivity contribution in [3.63, 3.8) is 0 Å². The molecule has 0 aromatic heterocycles. The Morgan fingerprint density at radius 2 is 1.66 bits per heavy atom. The Bertz CT molecular complexity index is 997. The summed E-state index contributed by atoms with van der Waals surface area (Å²) in [5.74, 6) is -0.538. The lowest BCUT2D eigenvalue weighted by Crippen LogP contribution is -2.30. The van der Waals surface area contributed by atoms with Crippen LogP contribution in [0.2, 0.25) is 0 Å². The van der Waals surface area contributed by atoms with Crippen molar-refractivity contribution >= 4 is 23.3 Å². The van der Waals surface area contributed by atoms with Gasteiger partial charge >= 0.3 is 0 Å². The van der Waals surface area contributed by atoms with Gasteiger partial charge in [0.1, 0.15) is 5.75 Å². The molecule has 2 aromatic carbocycles. The molecule has 148 valence electrons. The van der Waals surface area contributed by atoms with E-state index in [9.17, 15) is 14.4 Å². The molecule has 0 spiro atoms. The van der Waals surface area contributed by atoms with Crippen molar-refractivity contribution < 1.29 is 19.1 Å². The molecule has 1 fully saturated rings. The van der Waals surface area contributed by atoms with Crippen molar-refractivity contribution in [2.24, 2.45) is 11.8 Å². The predicted molar refractivity (Wildman–Crippen MR) is 110 cm³/mol. The number of carbonyl (C=O) groups is 3. The molecule has 1 aliphatic carbocycles. The highest BCUT2D eigenvalue weighted by Crippen LogP contribution is 2.38. The lowest BCUT2D eigenvalue weighted by molar-refractivity contribution is -0.122. The van der Waals surface area contributed by atoms with Gasteiger partial charge in [-0.25, -0.2) is 4.90 Å². The van der Waals surface area contributed by atoms with Crippen LogP contribution >= 0.6 is 0 Å². The maximum absolute atomic E-state index is 12.7. The average molecular weight is 389 g/mol. The van der Waals surface area contributed by atoms with Crippen LogP contribution in [0.15, 0.2) is 54.6 Å². The Morgan fingerprint density at radius 1 is 0.966 bits per heavy atom. The molecular formula is C24H23NO4. The monoisotopic (exact) mass is 389 g/mol. The third kappa shape index (κ3) is 3.60. The summed E-state index contributed by atoms with van der Waals surface area (Å²) in [6.07, 6.45) is 5.14. The van der Waals surface area contributed by atoms with Gasteiger partial charge in [-0.1, -0.05) is 30.4 Å². The molecule has 29 heavy (non-hydrogen) atoms. The van der Waals surface area contributed by atoms with Gasteiger partial charge in [0, 0.05) is 11.6 Å². The first-order valence-electron chi connectivity index (χ1n) is 9.82. The highest BCUT2D eigenvalue weighted by molar-refractivity contribution is 6.22. The second-order valence-corrected chi connectivity index (χ2v) is 7.68. The lowest BCUT2D eigenvalue weighted by Gasteiger charge is -2.16. The fourth-order valence-corrected chi connectivity index (χ4v) is 3.91. The Kier molecular flexibility index (Phi) is 5.05. The van der Waals surface area contributed by atoms with Crippen LogP contribution in [0.5, 0.6) is 5.75 Å². The van der Waals surface area contributed by atoms with Crippen LogP contribution in [0.1, 0.15) is 34.3 Å². The second-order valence-electron chi connectivity index (χ2n) is 7.68. The standard InChI is InChI=1S/C24H23NO4/c1-15-10-11-17(12-16(15)2)22(26)14-29-19-7-5-6-18(13-19)25-23(27)20-8-3-4-9-21(20)24(25)28/h3-7,10-13,20-21H,8-9,14H2,1-2H3. The zero-order chi connectivity index (χ0) is 20.5. The molecule has 2 atom stereocenters. The van der Waals surface area contributed by atoms with Gasteiger partial charge in [-0.3, -0.25) is 14.4 Å². The van der Waals surface area contributed by atoms with Crippen LogP contribution < -0.4 is 9.64 Å². The van der Waals surface area contributed by atoms with E-state index in [0.29, 0.717) is 29.8 Å². The molecule has 4 rings (SSSR count). The number of nitrogens with zero attached hydrogens (tertiary/aromatic N) is 1. The number of fused-ring (bicyclic) bond motifs is 1. The smallest absolute Gasteiger partial charge is 0.238 e. The number of ketones is 1. The first-order valence-corrected chi connectivity index (χ1v) is 9.82. The fourth-order valence-electron chi connectivity index (χ4n) is 3.91. The number of anilines is 1. The number of hydrogen-bond donors (Lipinski definition) is 0. The van der Waals surface area contributed by atoms with E-state index < -0.39 is 0 Å². The number of rotatable bonds is 5. The Balaban J connectivity index is 1.48. The number of carbonyl (C=O) groups excluding carboxylic acids is 3. The van der Waals surface area contributed by atoms with E-state index in [2.05, 4.69) is 0 Å². The molecule has 0 saturated carbocycles. The number of allylic oxidation sites excluding steroid dienone is 2. The number of aryl methyl sites for hydroxylation is 2. The molecule has 5 nitrogen and oxygen atoms in total. The van der Waals surface area contributed by atoms with E-state index in [0.717, 1.165) is 11.1 Å². The lowest BCUT2D eigenvalue weighted by atomic mass is 9.85. The van der Waals surface area contributed by atoms with Crippen molar-refractivity contribution in [1.29, 1.82) is 0 Å². The van der Waals surface area contributed by atoms with E-state index in [1.165, 1.54) is 4.90 Å². The van der Waals surface area contributed by atoms with Crippen LogP contribution in [0.4, 0.5) is 5.69 Å². The zero-order valence-corrected chi connectivity index (χ0v) is 16.6. The van der Waals surface area contributed by atoms with Crippen molar-refractivity contribution in [3.05, 3.63) is 71.3 Å². The number of hydrogen-bond acceptors (Lipinski definition) is 4. The van der Waals surface area contributed by atoms with Crippen LogP contribution in [0, 0.1) is 25.7 Å². The quantitative estimate of drug-likeness (QED) is 0.440. The van der Waals surface area contributed by atoms with Gasteiger partial charge in [0.15, 0.2) is 12.4 Å². The van der Waals surface area contributed by atoms with Crippen LogP contribution in [-0.4, -0.2) is 24.2 Å². The highest BCUT2D eigenvalue weighted by atomic mass is 16.5. The molecule has 1 saturated heterocycles. The number of imide groups is 1. The molecule has 0 N–H and O–H groups in total. The minimum absolute atomic E-state index is 0.108. The number of benzene rings is 2. The zero-order valence-electron chi connectivity index (χ0n) is 16.6. The molecule has 1 heterocycles. The third-order valence-corrected chi connectivity index (χ3v) is 5.78. The number of ether oxygens (including phenoxy) is 1. The molecule has 2 aliphatic rings. The molecule has 2 unspecified atom stereocenters. The van der Waals surface area contributed by atoms with Gasteiger partial charge in [-0.05, 0) is 56.0 Å². The van der Waals surface area contributed by atoms with Gasteiger partial charge in [-0.15, -0.1) is 0 Å². The molecule has 5 heteroatoms. The average Bonchev–Trinajstić information content (AvgIpc) is 2.99. The van der Waals surface area contributed by atoms with Crippen molar-refractivity contribution in [1.82, 2.24) is 0 Å². The van der Waals surface area contributed by atoms with Crippen molar-refractivity contribution in [2.45, 2.75) is 26.7 Å². The van der Waals surface area contributed by atoms with Crippen LogP contribution in [0.25, 0.3) is 0 Å². The minimum Gasteiger partial charge on any atom is -0.485 e. The topological polar surface area (TPSA) is 63.7 Å². The summed E-state index contributed by atoms with van der Waals surface area (Å²) < 4.78 is 5.67. The van der Waals surface area contributed by atoms with Gasteiger partial charge in [0.25, 0.3) is 0 Å². The SMILES string of the molecule is Cc1ccc(C(=O)COc2cccc(N3C(=O)C4CC=CCC4C3=O)c2)cc1C. The summed E-state index contributed by atoms with van der Waals surface area (Å²) in [5.41, 5.74) is 3.28. The molecule has 2 aromatic rings. The van der Waals surface area contributed by atoms with Crippen LogP contribution in [-0.2, 0) is 9.59 Å². The largest absolute Gasteiger partial charge is 0.485 e. The Labute approximate surface area is 170 Å². The summed E-state index contributed by atoms with van der Waals surface area (Å²) in [7, 11) is 0. The van der Waals surface area contributed by atoms with Gasteiger partial charge < -0.3 is 4.74 Å². The third-order valence-electron chi connectivity index (χ3n) is 5.78. The first-order chi connectivity index (χ1) is 14.0. The van der Waals surface area contributed by atoms with E-state index in [4.69, 9.17) is 4.74 Å². The molecular weight excluding hydrogens is 366 g/mol. The summed E-state index contributed by atoms with van der Waals surface area (Å²) in [5, 5.41) is 0. The van der Waals surface area contributed by atoms with Crippen molar-refractivity contribution in [3.8, 4) is 5.75 Å². The van der Waals surface area contributed by atoms with E-state index in [1.54, 1.807) is 30.3 Å². The van der Waals surface area contributed by atoms with Crippen molar-refractivity contribution in [2.75, 3.05) is 11.5 Å². The van der Waals surface area contributed by atoms with Gasteiger partial charge in [0.05, 0.1) is 17.5 Å². The van der Waals surface area contributed by atoms with Gasteiger partial charge in [0.2, 0.25) is 11.8 Å². The molecule has 0 bridgehead atoms. The maximum atomic E-state index is 12.7. The summed E-state index contributed by atoms with van der Waals surface area (Å²) in [4.78, 5) is 39.2. The number of Topliss-reactive ketones (excluding diaryl/α,β-unsaturated/α-hetero) is 1. The summed E-state index contributed by atoms with van der Waals surface area (Å²) in [6.45, 7) is 3.86. The highest BCUT2D eigenvalue weighted by Gasteiger charge is 2.47. The van der Waals surface area contributed by atoms with Gasteiger partial charge in [-0.2, -0.15) is 0 Å². The Hall–Kier alpha value is -3.21. The Morgan fingerprint density at radius 3 is 2.31 bits per heavy atom. The second kappa shape index (κ2) is 7.66. The number of amides is 2. The maximum Gasteiger partial charge on any atom is 0.238 e. The van der Waals surface area contributed by atoms with E-state index in [-0.39, 0.29) is 36.0 Å². The summed E-state index contributed by atoms with van der Waals surface area (Å²) in [6, 6.07) is 12.4. The van der Waals surface area contributed by atoms with E-state index in [1.807, 2.05) is 38.1 Å². The van der Waals surface area contributed by atoms with E-state index >= 15 is 0 Å². The molecule has 0 radical (unpaired) electrons. The fraction of sp³-hybridized carbons (Fsp3) is 0.292. The predicted octanol–water partition coefficient (Wildman–Crippen LogP) is 4.02. The first kappa shape index (κ1) is 19.1. The summed E-state index contributed by atoms with van der Waals surface area (Å²) >= 11 is 0. The molecule has 1 aliphatic heterocycles. The molecule has 2 amide bonds. The van der Waals surface area contributed by atoms with Crippen LogP contribution in [0.3, 0.4) is 0 Å². The minimum atomic E-state index is -0.275. The normalized spacial score (nSPS) is 20.7.